The number of aliphatic carboxylic acids is 1. The van der Waals surface area contributed by atoms with E-state index in [0.717, 1.165) is 29.3 Å². The van der Waals surface area contributed by atoms with Gasteiger partial charge >= 0.3 is 5.97 Å². The highest BCUT2D eigenvalue weighted by Crippen LogP contribution is 2.24. The zero-order chi connectivity index (χ0) is 14.7. The summed E-state index contributed by atoms with van der Waals surface area (Å²) < 4.78 is 0.868. The van der Waals surface area contributed by atoms with E-state index in [4.69, 9.17) is 5.11 Å². The Kier molecular flexibility index (Phi) is 4.81. The number of carbonyl (C=O) groups excluding carboxylic acids is 1. The third kappa shape index (κ3) is 3.60. The summed E-state index contributed by atoms with van der Waals surface area (Å²) in [5.41, 5.74) is 1.63. The minimum absolute atomic E-state index is 0.0265. The highest BCUT2D eigenvalue weighted by molar-refractivity contribution is 9.10. The smallest absolute Gasteiger partial charge is 0.305 e. The normalized spacial score (nSPS) is 18.9. The van der Waals surface area contributed by atoms with Crippen LogP contribution in [0.1, 0.15) is 41.6 Å². The highest BCUT2D eigenvalue weighted by Gasteiger charge is 2.29. The number of carbonyl (C=O) groups is 2. The van der Waals surface area contributed by atoms with E-state index in [2.05, 4.69) is 15.9 Å². The van der Waals surface area contributed by atoms with Crippen molar-refractivity contribution in [3.63, 3.8) is 0 Å². The lowest BCUT2D eigenvalue weighted by Gasteiger charge is -2.35. The van der Waals surface area contributed by atoms with Crippen LogP contribution in [-0.2, 0) is 4.79 Å². The zero-order valence-corrected chi connectivity index (χ0v) is 13.0. The van der Waals surface area contributed by atoms with E-state index >= 15 is 0 Å². The molecule has 108 valence electrons. The molecule has 1 fully saturated rings. The maximum atomic E-state index is 12.6. The second-order valence-corrected chi connectivity index (χ2v) is 6.18. The Morgan fingerprint density at radius 2 is 2.10 bits per heavy atom. The molecular formula is C15H18BrNO3. The van der Waals surface area contributed by atoms with Gasteiger partial charge in [-0.2, -0.15) is 0 Å². The van der Waals surface area contributed by atoms with Gasteiger partial charge < -0.3 is 10.0 Å². The molecular weight excluding hydrogens is 322 g/mol. The van der Waals surface area contributed by atoms with Crippen LogP contribution in [0.2, 0.25) is 0 Å². The molecule has 0 aromatic heterocycles. The van der Waals surface area contributed by atoms with E-state index in [0.29, 0.717) is 12.1 Å². The minimum atomic E-state index is -0.847. The molecule has 1 unspecified atom stereocenters. The number of halogens is 1. The van der Waals surface area contributed by atoms with Gasteiger partial charge in [-0.1, -0.05) is 15.9 Å². The molecule has 0 saturated carbocycles. The van der Waals surface area contributed by atoms with Crippen LogP contribution in [0.3, 0.4) is 0 Å². The van der Waals surface area contributed by atoms with Crippen LogP contribution in [0.5, 0.6) is 0 Å². The summed E-state index contributed by atoms with van der Waals surface area (Å²) in [6, 6.07) is 5.40. The third-order valence-electron chi connectivity index (χ3n) is 3.59. The Morgan fingerprint density at radius 3 is 2.75 bits per heavy atom. The van der Waals surface area contributed by atoms with Gasteiger partial charge in [-0.3, -0.25) is 9.59 Å². The molecule has 0 spiro atoms. The highest BCUT2D eigenvalue weighted by atomic mass is 79.9. The summed E-state index contributed by atoms with van der Waals surface area (Å²) >= 11 is 3.40. The molecule has 1 atom stereocenters. The molecule has 20 heavy (non-hydrogen) atoms. The van der Waals surface area contributed by atoms with Crippen molar-refractivity contribution in [1.29, 1.82) is 0 Å². The Hall–Kier alpha value is -1.36. The number of likely N-dealkylation sites (tertiary alicyclic amines) is 1. The van der Waals surface area contributed by atoms with Gasteiger partial charge in [-0.15, -0.1) is 0 Å². The molecule has 1 saturated heterocycles. The number of piperidine rings is 1. The average molecular weight is 340 g/mol. The number of amides is 1. The second kappa shape index (κ2) is 6.39. The van der Waals surface area contributed by atoms with Crippen molar-refractivity contribution in [3.05, 3.63) is 33.8 Å². The molecule has 1 aliphatic heterocycles. The number of nitrogens with zero attached hydrogens (tertiary/aromatic N) is 1. The molecule has 1 aromatic carbocycles. The van der Waals surface area contributed by atoms with Crippen LogP contribution in [0.4, 0.5) is 0 Å². The SMILES string of the molecule is Cc1cc(Br)cc(C(=O)N2CCCCC2CC(=O)O)c1. The first-order valence-corrected chi connectivity index (χ1v) is 7.56. The summed E-state index contributed by atoms with van der Waals surface area (Å²) in [6.07, 6.45) is 2.72. The Bertz CT molecular complexity index is 510. The lowest BCUT2D eigenvalue weighted by atomic mass is 9.98. The number of carboxylic acid groups (broad SMARTS) is 1. The fraction of sp³-hybridized carbons (Fsp3) is 0.467. The largest absolute Gasteiger partial charge is 0.481 e. The predicted octanol–water partition coefficient (Wildman–Crippen LogP) is 3.23. The minimum Gasteiger partial charge on any atom is -0.481 e. The van der Waals surface area contributed by atoms with E-state index in [9.17, 15) is 9.59 Å². The molecule has 1 N–H and O–H groups in total. The first-order valence-electron chi connectivity index (χ1n) is 6.77. The van der Waals surface area contributed by atoms with Crippen molar-refractivity contribution >= 4 is 27.8 Å². The first-order chi connectivity index (χ1) is 9.47. The Balaban J connectivity index is 2.22. The maximum absolute atomic E-state index is 12.6. The van der Waals surface area contributed by atoms with E-state index in [1.54, 1.807) is 11.0 Å². The average Bonchev–Trinajstić information content (AvgIpc) is 2.36. The van der Waals surface area contributed by atoms with E-state index < -0.39 is 5.97 Å². The van der Waals surface area contributed by atoms with Crippen LogP contribution < -0.4 is 0 Å². The maximum Gasteiger partial charge on any atom is 0.305 e. The van der Waals surface area contributed by atoms with E-state index in [-0.39, 0.29) is 18.4 Å². The molecule has 0 aliphatic carbocycles. The van der Waals surface area contributed by atoms with Gasteiger partial charge in [0.2, 0.25) is 0 Å². The molecule has 1 amide bonds. The number of hydrogen-bond donors (Lipinski definition) is 1. The Labute approximate surface area is 126 Å². The molecule has 1 heterocycles. The molecule has 2 rings (SSSR count). The lowest BCUT2D eigenvalue weighted by molar-refractivity contribution is -0.138. The van der Waals surface area contributed by atoms with E-state index in [1.807, 2.05) is 19.1 Å². The molecule has 4 nitrogen and oxygen atoms in total. The van der Waals surface area contributed by atoms with Gasteiger partial charge in [0, 0.05) is 22.6 Å². The third-order valence-corrected chi connectivity index (χ3v) is 4.05. The van der Waals surface area contributed by atoms with Crippen LogP contribution in [0, 0.1) is 6.92 Å². The molecule has 0 radical (unpaired) electrons. The van der Waals surface area contributed by atoms with Gasteiger partial charge in [0.1, 0.15) is 0 Å². The number of rotatable bonds is 3. The van der Waals surface area contributed by atoms with Crippen LogP contribution in [0.15, 0.2) is 22.7 Å². The van der Waals surface area contributed by atoms with Crippen molar-refractivity contribution in [2.24, 2.45) is 0 Å². The summed E-state index contributed by atoms with van der Waals surface area (Å²) in [6.45, 7) is 2.58. The predicted molar refractivity (Wildman–Crippen MR) is 79.8 cm³/mol. The fourth-order valence-corrected chi connectivity index (χ4v) is 3.32. The van der Waals surface area contributed by atoms with Gasteiger partial charge in [-0.25, -0.2) is 0 Å². The monoisotopic (exact) mass is 339 g/mol. The van der Waals surface area contributed by atoms with Crippen molar-refractivity contribution in [1.82, 2.24) is 4.90 Å². The zero-order valence-electron chi connectivity index (χ0n) is 11.4. The first kappa shape index (κ1) is 15.0. The van der Waals surface area contributed by atoms with Gasteiger partial charge in [0.15, 0.2) is 0 Å². The summed E-state index contributed by atoms with van der Waals surface area (Å²) in [7, 11) is 0. The van der Waals surface area contributed by atoms with Crippen LogP contribution >= 0.6 is 15.9 Å². The fourth-order valence-electron chi connectivity index (χ4n) is 2.71. The second-order valence-electron chi connectivity index (χ2n) is 5.26. The lowest BCUT2D eigenvalue weighted by Crippen LogP contribution is -2.44. The standard InChI is InChI=1S/C15H18BrNO3/c1-10-6-11(8-12(16)7-10)15(20)17-5-3-2-4-13(17)9-14(18)19/h6-8,13H,2-5,9H2,1H3,(H,18,19). The van der Waals surface area contributed by atoms with Gasteiger partial charge in [0.05, 0.1) is 6.42 Å². The van der Waals surface area contributed by atoms with E-state index in [1.165, 1.54) is 0 Å². The van der Waals surface area contributed by atoms with Crippen molar-refractivity contribution in [2.75, 3.05) is 6.54 Å². The number of benzene rings is 1. The quantitative estimate of drug-likeness (QED) is 0.919. The topological polar surface area (TPSA) is 57.6 Å². The van der Waals surface area contributed by atoms with Crippen molar-refractivity contribution in [2.45, 2.75) is 38.6 Å². The summed E-state index contributed by atoms with van der Waals surface area (Å²) in [5, 5.41) is 8.98. The molecule has 5 heteroatoms. The summed E-state index contributed by atoms with van der Waals surface area (Å²) in [4.78, 5) is 25.3. The number of aryl methyl sites for hydroxylation is 1. The van der Waals surface area contributed by atoms with Gasteiger partial charge in [-0.05, 0) is 49.9 Å². The molecule has 0 bridgehead atoms. The van der Waals surface area contributed by atoms with Crippen molar-refractivity contribution < 1.29 is 14.7 Å². The van der Waals surface area contributed by atoms with Crippen molar-refractivity contribution in [3.8, 4) is 0 Å². The summed E-state index contributed by atoms with van der Waals surface area (Å²) in [5.74, 6) is -0.916. The van der Waals surface area contributed by atoms with Gasteiger partial charge in [0.25, 0.3) is 5.91 Å². The number of carboxylic acids is 1. The number of hydrogen-bond acceptors (Lipinski definition) is 2. The van der Waals surface area contributed by atoms with Crippen LogP contribution in [-0.4, -0.2) is 34.5 Å². The molecule has 1 aromatic rings. The van der Waals surface area contributed by atoms with Crippen LogP contribution in [0.25, 0.3) is 0 Å². The molecule has 1 aliphatic rings. The Morgan fingerprint density at radius 1 is 1.35 bits per heavy atom.